The summed E-state index contributed by atoms with van der Waals surface area (Å²) in [5, 5.41) is 8.94. The smallest absolute Gasteiger partial charge is 0.377 e. The van der Waals surface area contributed by atoms with Crippen LogP contribution in [-0.4, -0.2) is 37.0 Å². The number of carbonyl (C=O) groups is 1. The highest BCUT2D eigenvalue weighted by atomic mass is 19.3. The summed E-state index contributed by atoms with van der Waals surface area (Å²) >= 11 is 0. The van der Waals surface area contributed by atoms with Gasteiger partial charge in [0, 0.05) is 12.5 Å². The number of hydrogen-bond acceptors (Lipinski definition) is 3. The maximum Gasteiger partial charge on any atom is 0.377 e. The van der Waals surface area contributed by atoms with E-state index in [9.17, 15) is 13.6 Å². The van der Waals surface area contributed by atoms with Gasteiger partial charge in [0.1, 0.15) is 12.9 Å². The molecule has 1 atom stereocenters. The topological polar surface area (TPSA) is 55.8 Å². The summed E-state index contributed by atoms with van der Waals surface area (Å²) in [5.41, 5.74) is -0.699. The van der Waals surface area contributed by atoms with Crippen molar-refractivity contribution in [1.29, 1.82) is 0 Å². The Balaban J connectivity index is 1.90. The van der Waals surface area contributed by atoms with E-state index in [1.54, 1.807) is 0 Å². The Labute approximate surface area is 122 Å². The van der Waals surface area contributed by atoms with Gasteiger partial charge in [0.2, 0.25) is 0 Å². The molecule has 1 N–H and O–H groups in total. The second-order valence-electron chi connectivity index (χ2n) is 7.16. The molecular weight excluding hydrogens is 282 g/mol. The maximum atomic E-state index is 14.3. The molecule has 0 aromatic rings. The number of aliphatic carboxylic acids is 1. The highest BCUT2D eigenvalue weighted by Gasteiger charge is 2.63. The third-order valence-electron chi connectivity index (χ3n) is 5.61. The highest BCUT2D eigenvalue weighted by Crippen LogP contribution is 2.63. The van der Waals surface area contributed by atoms with Crippen molar-refractivity contribution in [2.75, 3.05) is 13.9 Å². The van der Waals surface area contributed by atoms with Gasteiger partial charge in [-0.2, -0.15) is 8.78 Å². The van der Waals surface area contributed by atoms with Crippen LogP contribution in [0.25, 0.3) is 0 Å². The van der Waals surface area contributed by atoms with Crippen molar-refractivity contribution in [3.8, 4) is 0 Å². The van der Waals surface area contributed by atoms with E-state index < -0.39 is 23.4 Å². The lowest BCUT2D eigenvalue weighted by atomic mass is 9.47. The summed E-state index contributed by atoms with van der Waals surface area (Å²) in [4.78, 5) is 11.0. The number of hydrogen-bond donors (Lipinski definition) is 1. The average Bonchev–Trinajstić information content (AvgIpc) is 2.36. The van der Waals surface area contributed by atoms with Crippen LogP contribution in [0.1, 0.15) is 38.5 Å². The molecule has 120 valence electrons. The first-order valence-corrected chi connectivity index (χ1v) is 7.59. The van der Waals surface area contributed by atoms with Crippen molar-refractivity contribution in [1.82, 2.24) is 0 Å². The van der Waals surface area contributed by atoms with Crippen LogP contribution >= 0.6 is 0 Å². The molecule has 4 rings (SSSR count). The van der Waals surface area contributed by atoms with Gasteiger partial charge in [-0.25, -0.2) is 4.79 Å². The largest absolute Gasteiger partial charge is 0.477 e. The molecule has 0 amide bonds. The lowest BCUT2D eigenvalue weighted by molar-refractivity contribution is -0.252. The third kappa shape index (κ3) is 2.46. The molecule has 0 saturated heterocycles. The molecule has 4 aliphatic carbocycles. The number of methoxy groups -OCH3 is 1. The zero-order valence-corrected chi connectivity index (χ0v) is 12.2. The minimum absolute atomic E-state index is 0.296. The van der Waals surface area contributed by atoms with Crippen LogP contribution in [0.15, 0.2) is 0 Å². The van der Waals surface area contributed by atoms with E-state index in [2.05, 4.69) is 0 Å². The van der Waals surface area contributed by atoms with Crippen LogP contribution in [0, 0.1) is 23.2 Å². The zero-order valence-electron chi connectivity index (χ0n) is 12.2. The number of halogens is 2. The van der Waals surface area contributed by atoms with Gasteiger partial charge >= 0.3 is 11.9 Å². The summed E-state index contributed by atoms with van der Waals surface area (Å²) in [6.45, 7) is -0.296. The minimum atomic E-state index is -3.87. The van der Waals surface area contributed by atoms with Crippen molar-refractivity contribution in [3.05, 3.63) is 0 Å². The molecule has 4 fully saturated rings. The quantitative estimate of drug-likeness (QED) is 0.767. The van der Waals surface area contributed by atoms with Gasteiger partial charge in [0.05, 0.1) is 0 Å². The highest BCUT2D eigenvalue weighted by molar-refractivity contribution is 5.76. The summed E-state index contributed by atoms with van der Waals surface area (Å²) in [5.74, 6) is -4.61. The number of ether oxygens (including phenoxy) is 2. The van der Waals surface area contributed by atoms with Gasteiger partial charge in [-0.05, 0) is 56.3 Å². The van der Waals surface area contributed by atoms with Crippen LogP contribution in [0.3, 0.4) is 0 Å². The van der Waals surface area contributed by atoms with Crippen molar-refractivity contribution in [2.24, 2.45) is 23.2 Å². The molecule has 21 heavy (non-hydrogen) atoms. The van der Waals surface area contributed by atoms with Gasteiger partial charge in [-0.1, -0.05) is 0 Å². The Morgan fingerprint density at radius 1 is 1.24 bits per heavy atom. The lowest BCUT2D eigenvalue weighted by Gasteiger charge is -2.59. The molecule has 0 radical (unpaired) electrons. The monoisotopic (exact) mass is 304 g/mol. The fraction of sp³-hybridized carbons (Fsp3) is 0.933. The number of alkyl halides is 2. The first-order chi connectivity index (χ1) is 9.87. The summed E-state index contributed by atoms with van der Waals surface area (Å²) in [6.07, 6.45) is 3.72. The van der Waals surface area contributed by atoms with E-state index in [0.29, 0.717) is 37.0 Å². The zero-order chi connectivity index (χ0) is 15.3. The van der Waals surface area contributed by atoms with Gasteiger partial charge in [-0.3, -0.25) is 0 Å². The van der Waals surface area contributed by atoms with Gasteiger partial charge in [0.15, 0.2) is 0 Å². The van der Waals surface area contributed by atoms with Crippen LogP contribution in [-0.2, 0) is 14.3 Å². The van der Waals surface area contributed by atoms with Crippen molar-refractivity contribution < 1.29 is 28.2 Å². The Bertz CT molecular complexity index is 389. The Morgan fingerprint density at radius 2 is 1.71 bits per heavy atom. The van der Waals surface area contributed by atoms with Crippen LogP contribution in [0.5, 0.6) is 0 Å². The predicted octanol–water partition coefficient (Wildman–Crippen LogP) is 2.91. The molecule has 0 spiro atoms. The average molecular weight is 304 g/mol. The predicted molar refractivity (Wildman–Crippen MR) is 69.9 cm³/mol. The first kappa shape index (κ1) is 15.2. The molecule has 0 aliphatic heterocycles. The lowest BCUT2D eigenvalue weighted by Crippen LogP contribution is -2.60. The summed E-state index contributed by atoms with van der Waals surface area (Å²) in [7, 11) is 1.36. The maximum absolute atomic E-state index is 14.3. The van der Waals surface area contributed by atoms with Crippen LogP contribution in [0.2, 0.25) is 0 Å². The third-order valence-corrected chi connectivity index (χ3v) is 5.61. The molecule has 0 aromatic carbocycles. The Hall–Kier alpha value is -0.750. The van der Waals surface area contributed by atoms with Gasteiger partial charge in [0.25, 0.3) is 0 Å². The molecule has 6 heteroatoms. The molecule has 1 unspecified atom stereocenters. The summed E-state index contributed by atoms with van der Waals surface area (Å²) < 4.78 is 38.5. The standard InChI is InChI=1S/C15H22F2O4/c1-20-8-21-12(15(16,17)13(18)19)14-5-9-2-10(6-14)4-11(3-9)7-14/h9-12H,2-8H2,1H3,(H,18,19). The van der Waals surface area contributed by atoms with Crippen LogP contribution in [0.4, 0.5) is 8.78 Å². The molecular formula is C15H22F2O4. The van der Waals surface area contributed by atoms with Crippen molar-refractivity contribution in [3.63, 3.8) is 0 Å². The van der Waals surface area contributed by atoms with Crippen LogP contribution < -0.4 is 0 Å². The Morgan fingerprint density at radius 3 is 2.10 bits per heavy atom. The normalized spacial score (nSPS) is 39.5. The van der Waals surface area contributed by atoms with E-state index in [0.717, 1.165) is 19.3 Å². The second-order valence-corrected chi connectivity index (χ2v) is 7.16. The van der Waals surface area contributed by atoms with Crippen molar-refractivity contribution >= 4 is 5.97 Å². The fourth-order valence-corrected chi connectivity index (χ4v) is 5.41. The van der Waals surface area contributed by atoms with Gasteiger partial charge < -0.3 is 14.6 Å². The van der Waals surface area contributed by atoms with E-state index in [1.807, 2.05) is 0 Å². The van der Waals surface area contributed by atoms with E-state index in [-0.39, 0.29) is 6.79 Å². The van der Waals surface area contributed by atoms with E-state index >= 15 is 0 Å². The SMILES string of the molecule is COCOC(C12CC3CC(CC(C3)C1)C2)C(F)(F)C(=O)O. The number of carboxylic acids is 1. The first-order valence-electron chi connectivity index (χ1n) is 7.59. The summed E-state index contributed by atoms with van der Waals surface area (Å²) in [6, 6.07) is 0. The van der Waals surface area contributed by atoms with E-state index in [1.165, 1.54) is 7.11 Å². The molecule has 0 heterocycles. The molecule has 4 aliphatic rings. The van der Waals surface area contributed by atoms with Crippen molar-refractivity contribution in [2.45, 2.75) is 50.6 Å². The Kier molecular flexibility index (Phi) is 3.72. The van der Waals surface area contributed by atoms with Gasteiger partial charge in [-0.15, -0.1) is 0 Å². The minimum Gasteiger partial charge on any atom is -0.477 e. The molecule has 0 aromatic heterocycles. The fourth-order valence-electron chi connectivity index (χ4n) is 5.41. The van der Waals surface area contributed by atoms with E-state index in [4.69, 9.17) is 14.6 Å². The number of rotatable bonds is 6. The second kappa shape index (κ2) is 5.16. The molecule has 4 saturated carbocycles. The molecule has 4 bridgehead atoms. The number of carboxylic acid groups (broad SMARTS) is 1. The molecule has 4 nitrogen and oxygen atoms in total.